The molecule has 1 spiro atoms. The molecule has 0 saturated carbocycles. The van der Waals surface area contributed by atoms with Crippen LogP contribution in [0.2, 0.25) is 0 Å². The van der Waals surface area contributed by atoms with Gasteiger partial charge in [-0.05, 0) is 0 Å². The van der Waals surface area contributed by atoms with E-state index in [0.717, 1.165) is 0 Å². The van der Waals surface area contributed by atoms with Crippen molar-refractivity contribution < 1.29 is 79.8 Å². The van der Waals surface area contributed by atoms with Crippen molar-refractivity contribution in [3.05, 3.63) is 118 Å². The molecular weight excluding hydrogens is 814 g/mol. The van der Waals surface area contributed by atoms with E-state index >= 15 is 35.1 Å². The van der Waals surface area contributed by atoms with E-state index in [0.29, 0.717) is 38.4 Å². The van der Waals surface area contributed by atoms with E-state index in [1.807, 2.05) is 0 Å². The normalized spacial score (nSPS) is 19.1. The average molecular weight is 828 g/mol. The van der Waals surface area contributed by atoms with Crippen LogP contribution in [-0.4, -0.2) is 35.5 Å². The maximum absolute atomic E-state index is 16.4. The van der Waals surface area contributed by atoms with Gasteiger partial charge in [0.25, 0.3) is 0 Å². The van der Waals surface area contributed by atoms with Gasteiger partial charge in [-0.15, -0.1) is 0 Å². The fourth-order valence-corrected chi connectivity index (χ4v) is 21.0. The van der Waals surface area contributed by atoms with Crippen LogP contribution in [0.3, 0.4) is 0 Å². The number of hydrogen-bond acceptors (Lipinski definition) is 2. The molecule has 4 aromatic rings. The standard InChI is InChI=1S/C30H14F16N4O2P2/c1-47-27(51)49(13-7-3-11(4-8-13)29(41,42)43)53(25-21(37)17(33)15(31)18(34)22(25)38)54(47,26-23(39)19(35)16(32)20(36)24(26)40)48(2)28(52)50(54)14-9-5-12(6-10-14)30(44,45)46/h3-10H,1-2H3. The molecule has 1 unspecified atom stereocenters. The molecular formula is C30H14F16N4O2P2. The molecule has 6 rings (SSSR count). The maximum atomic E-state index is 16.4. The number of carbonyl (C=O) groups excluding carboxylic acids is 2. The quantitative estimate of drug-likeness (QED) is 0.0891. The number of carbonyl (C=O) groups is 2. The summed E-state index contributed by atoms with van der Waals surface area (Å²) in [6, 6.07) is -1.15. The molecule has 2 heterocycles. The first-order valence-corrected chi connectivity index (χ1v) is 18.4. The summed E-state index contributed by atoms with van der Waals surface area (Å²) in [4.78, 5) is 28.4. The first-order chi connectivity index (χ1) is 24.9. The Morgan fingerprint density at radius 2 is 0.815 bits per heavy atom. The molecule has 288 valence electrons. The Hall–Kier alpha value is -4.84. The fraction of sp³-hybridized carbons (Fsp3) is 0.133. The van der Waals surface area contributed by atoms with Gasteiger partial charge in [-0.1, -0.05) is 0 Å². The number of benzene rings is 4. The summed E-state index contributed by atoms with van der Waals surface area (Å²) < 4.78 is 236. The average Bonchev–Trinajstić information content (AvgIpc) is 3.32. The van der Waals surface area contributed by atoms with Crippen molar-refractivity contribution in [1.29, 1.82) is 0 Å². The molecule has 0 aromatic heterocycles. The molecule has 4 aromatic carbocycles. The Balaban J connectivity index is 1.90. The molecule has 1 atom stereocenters. The molecule has 0 aliphatic carbocycles. The van der Waals surface area contributed by atoms with Crippen LogP contribution in [0.4, 0.5) is 91.2 Å². The third kappa shape index (κ3) is 4.64. The van der Waals surface area contributed by atoms with E-state index in [4.69, 9.17) is 0 Å². The van der Waals surface area contributed by atoms with Gasteiger partial charge < -0.3 is 0 Å². The molecule has 6 nitrogen and oxygen atoms in total. The van der Waals surface area contributed by atoms with Gasteiger partial charge in [0.1, 0.15) is 0 Å². The Morgan fingerprint density at radius 3 is 1.20 bits per heavy atom. The van der Waals surface area contributed by atoms with E-state index in [-0.39, 0.29) is 42.9 Å². The van der Waals surface area contributed by atoms with Gasteiger partial charge in [0, 0.05) is 0 Å². The first kappa shape index (κ1) is 38.9. The summed E-state index contributed by atoms with van der Waals surface area (Å²) in [7, 11) is -3.57. The summed E-state index contributed by atoms with van der Waals surface area (Å²) >= 11 is 0. The Morgan fingerprint density at radius 1 is 0.481 bits per heavy atom. The third-order valence-electron chi connectivity index (χ3n) is 8.78. The number of anilines is 2. The van der Waals surface area contributed by atoms with Crippen LogP contribution < -0.4 is 19.9 Å². The summed E-state index contributed by atoms with van der Waals surface area (Å²) in [5.41, 5.74) is -4.91. The van der Waals surface area contributed by atoms with Gasteiger partial charge in [0.15, 0.2) is 0 Å². The molecule has 2 aliphatic rings. The van der Waals surface area contributed by atoms with Crippen LogP contribution in [0.25, 0.3) is 0 Å². The second-order valence-corrected chi connectivity index (χ2v) is 20.1. The van der Waals surface area contributed by atoms with Gasteiger partial charge >= 0.3 is 291 Å². The molecule has 4 amide bonds. The first-order valence-electron chi connectivity index (χ1n) is 14.3. The van der Waals surface area contributed by atoms with Crippen LogP contribution >= 0.6 is 14.5 Å². The van der Waals surface area contributed by atoms with Crippen molar-refractivity contribution in [3.8, 4) is 0 Å². The monoisotopic (exact) mass is 828 g/mol. The molecule has 0 bridgehead atoms. The molecule has 54 heavy (non-hydrogen) atoms. The van der Waals surface area contributed by atoms with Gasteiger partial charge in [-0.3, -0.25) is 0 Å². The summed E-state index contributed by atoms with van der Waals surface area (Å²) in [6.07, 6.45) is -10.2. The van der Waals surface area contributed by atoms with E-state index < -0.39 is 130 Å². The minimum atomic E-state index is -7.14. The van der Waals surface area contributed by atoms with Crippen LogP contribution in [0.5, 0.6) is 0 Å². The third-order valence-corrected chi connectivity index (χ3v) is 21.9. The zero-order valence-electron chi connectivity index (χ0n) is 26.2. The van der Waals surface area contributed by atoms with Crippen LogP contribution in [0, 0.1) is 58.2 Å². The van der Waals surface area contributed by atoms with Crippen molar-refractivity contribution in [2.24, 2.45) is 0 Å². The van der Waals surface area contributed by atoms with Crippen molar-refractivity contribution >= 4 is 48.6 Å². The van der Waals surface area contributed by atoms with Crippen molar-refractivity contribution in [1.82, 2.24) is 9.34 Å². The van der Waals surface area contributed by atoms with Gasteiger partial charge in [-0.2, -0.15) is 0 Å². The summed E-state index contributed by atoms with van der Waals surface area (Å²) in [5, 5.41) is -4.48. The number of amides is 4. The van der Waals surface area contributed by atoms with Crippen molar-refractivity contribution in [3.63, 3.8) is 0 Å². The summed E-state index contributed by atoms with van der Waals surface area (Å²) in [5.74, 6) is -28.6. The molecule has 2 aliphatic heterocycles. The van der Waals surface area contributed by atoms with E-state index in [2.05, 4.69) is 0 Å². The number of urea groups is 2. The predicted octanol–water partition coefficient (Wildman–Crippen LogP) is 9.82. The molecule has 0 radical (unpaired) electrons. The van der Waals surface area contributed by atoms with Crippen molar-refractivity contribution in [2.45, 2.75) is 12.4 Å². The van der Waals surface area contributed by atoms with Crippen LogP contribution in [0.15, 0.2) is 48.5 Å². The Labute approximate surface area is 291 Å². The van der Waals surface area contributed by atoms with Crippen molar-refractivity contribution in [2.75, 3.05) is 23.4 Å². The van der Waals surface area contributed by atoms with Gasteiger partial charge in [0.05, 0.1) is 0 Å². The number of hydrogen-bond donors (Lipinski definition) is 0. The molecule has 2 saturated heterocycles. The SMILES string of the molecule is CN1C(=O)N(c2ccc(C(F)(F)F)cc2)P(c2c(F)c(F)c(F)c(F)c2F)P12(c1c(F)c(F)c(F)c(F)c1F)N(C)C(=O)N2c1ccc(C(F)(F)F)cc1. The van der Waals surface area contributed by atoms with E-state index in [1.165, 1.54) is 0 Å². The van der Waals surface area contributed by atoms with Crippen LogP contribution in [0.1, 0.15) is 11.1 Å². The van der Waals surface area contributed by atoms with Crippen LogP contribution in [-0.2, 0) is 12.4 Å². The molecule has 0 N–H and O–H groups in total. The zero-order chi connectivity index (χ0) is 40.4. The topological polar surface area (TPSA) is 47.1 Å². The Kier molecular flexibility index (Phi) is 8.70. The van der Waals surface area contributed by atoms with E-state index in [9.17, 15) is 44.7 Å². The minimum absolute atomic E-state index is 0.00433. The van der Waals surface area contributed by atoms with Gasteiger partial charge in [0.2, 0.25) is 0 Å². The zero-order valence-corrected chi connectivity index (χ0v) is 28.0. The fourth-order valence-electron chi connectivity index (χ4n) is 6.38. The second-order valence-electron chi connectivity index (χ2n) is 11.4. The van der Waals surface area contributed by atoms with E-state index in [1.54, 1.807) is 0 Å². The number of halogens is 16. The number of alkyl halides is 6. The molecule has 2 fully saturated rings. The number of nitrogens with zero attached hydrogens (tertiary/aromatic N) is 4. The predicted molar refractivity (Wildman–Crippen MR) is 160 cm³/mol. The molecule has 24 heteroatoms. The Bertz CT molecular complexity index is 2230. The number of rotatable bonds is 4. The van der Waals surface area contributed by atoms with Gasteiger partial charge in [-0.25, -0.2) is 0 Å². The second kappa shape index (κ2) is 12.1. The summed E-state index contributed by atoms with van der Waals surface area (Å²) in [6.45, 7) is -7.14.